The predicted octanol–water partition coefficient (Wildman–Crippen LogP) is 4.25. The molecule has 3 aromatic rings. The van der Waals surface area contributed by atoms with Gasteiger partial charge in [0.15, 0.2) is 0 Å². The maximum atomic E-state index is 13.0. The Morgan fingerprint density at radius 3 is 2.34 bits per heavy atom. The molecule has 6 heteroatoms. The molecule has 4 rings (SSSR count). The molecule has 1 aromatic heterocycles. The molecule has 1 N–H and O–H groups in total. The zero-order valence-corrected chi connectivity index (χ0v) is 16.1. The highest BCUT2D eigenvalue weighted by atomic mass is 19.1. The number of nitrogens with one attached hydrogen (secondary N) is 1. The lowest BCUT2D eigenvalue weighted by Crippen LogP contribution is -2.39. The van der Waals surface area contributed by atoms with Gasteiger partial charge in [-0.1, -0.05) is 18.2 Å². The van der Waals surface area contributed by atoms with Crippen molar-refractivity contribution in [2.45, 2.75) is 12.8 Å². The molecular formula is C23H23FN4O. The Balaban J connectivity index is 1.26. The number of halogens is 1. The molecule has 2 heterocycles. The van der Waals surface area contributed by atoms with E-state index < -0.39 is 0 Å². The van der Waals surface area contributed by atoms with Crippen molar-refractivity contribution in [1.29, 1.82) is 0 Å². The van der Waals surface area contributed by atoms with Crippen molar-refractivity contribution in [3.05, 3.63) is 78.1 Å². The number of aromatic nitrogens is 2. The van der Waals surface area contributed by atoms with Crippen LogP contribution >= 0.6 is 0 Å². The first-order chi connectivity index (χ1) is 14.2. The number of carbonyl (C=O) groups excluding carboxylic acids is 1. The van der Waals surface area contributed by atoms with Gasteiger partial charge >= 0.3 is 0 Å². The summed E-state index contributed by atoms with van der Waals surface area (Å²) in [6.45, 7) is 2.35. The number of nitrogens with zero attached hydrogens (tertiary/aromatic N) is 3. The molecule has 2 aromatic carbocycles. The maximum Gasteiger partial charge on any atom is 0.253 e. The second kappa shape index (κ2) is 8.82. The lowest BCUT2D eigenvalue weighted by Gasteiger charge is -2.32. The maximum absolute atomic E-state index is 13.0. The fraction of sp³-hybridized carbons (Fsp3) is 0.261. The average Bonchev–Trinajstić information content (AvgIpc) is 2.79. The number of carbonyl (C=O) groups is 1. The van der Waals surface area contributed by atoms with Crippen molar-refractivity contribution in [1.82, 2.24) is 15.1 Å². The van der Waals surface area contributed by atoms with Crippen LogP contribution in [0.2, 0.25) is 0 Å². The average molecular weight is 390 g/mol. The molecule has 1 aliphatic rings. The summed E-state index contributed by atoms with van der Waals surface area (Å²) >= 11 is 0. The quantitative estimate of drug-likeness (QED) is 0.708. The van der Waals surface area contributed by atoms with Crippen LogP contribution in [0.3, 0.4) is 0 Å². The third-order valence-corrected chi connectivity index (χ3v) is 5.30. The molecule has 0 spiro atoms. The van der Waals surface area contributed by atoms with Crippen molar-refractivity contribution in [3.8, 4) is 11.3 Å². The van der Waals surface area contributed by atoms with E-state index in [4.69, 9.17) is 0 Å². The number of benzene rings is 2. The zero-order chi connectivity index (χ0) is 20.1. The van der Waals surface area contributed by atoms with E-state index in [2.05, 4.69) is 15.5 Å². The predicted molar refractivity (Wildman–Crippen MR) is 111 cm³/mol. The number of rotatable bonds is 5. The minimum Gasteiger partial charge on any atom is -0.368 e. The van der Waals surface area contributed by atoms with Gasteiger partial charge in [0.05, 0.1) is 5.69 Å². The van der Waals surface area contributed by atoms with E-state index in [9.17, 15) is 9.18 Å². The van der Waals surface area contributed by atoms with Crippen LogP contribution < -0.4 is 5.32 Å². The van der Waals surface area contributed by atoms with E-state index in [1.807, 2.05) is 47.4 Å². The normalized spacial score (nSPS) is 14.6. The molecule has 0 atom stereocenters. The molecule has 0 saturated carbocycles. The molecule has 1 fully saturated rings. The highest BCUT2D eigenvalue weighted by Gasteiger charge is 2.23. The van der Waals surface area contributed by atoms with E-state index >= 15 is 0 Å². The number of amides is 1. The van der Waals surface area contributed by atoms with E-state index in [1.165, 1.54) is 12.1 Å². The van der Waals surface area contributed by atoms with Crippen molar-refractivity contribution < 1.29 is 9.18 Å². The molecule has 5 nitrogen and oxygen atoms in total. The van der Waals surface area contributed by atoms with Crippen LogP contribution in [0.1, 0.15) is 23.2 Å². The number of anilines is 1. The second-order valence-corrected chi connectivity index (χ2v) is 7.29. The van der Waals surface area contributed by atoms with Crippen LogP contribution in [0.5, 0.6) is 0 Å². The van der Waals surface area contributed by atoms with Gasteiger partial charge in [-0.3, -0.25) is 4.79 Å². The summed E-state index contributed by atoms with van der Waals surface area (Å²) in [6.07, 6.45) is 1.93. The molecule has 0 bridgehead atoms. The van der Waals surface area contributed by atoms with Gasteiger partial charge in [0.25, 0.3) is 5.91 Å². The molecule has 0 aliphatic carbocycles. The lowest BCUT2D eigenvalue weighted by atomic mass is 9.96. The van der Waals surface area contributed by atoms with Crippen LogP contribution in [0.4, 0.5) is 10.2 Å². The number of piperidine rings is 1. The van der Waals surface area contributed by atoms with Crippen molar-refractivity contribution >= 4 is 11.7 Å². The van der Waals surface area contributed by atoms with Gasteiger partial charge in [0.1, 0.15) is 11.6 Å². The van der Waals surface area contributed by atoms with Crippen LogP contribution in [-0.4, -0.2) is 40.6 Å². The zero-order valence-electron chi connectivity index (χ0n) is 16.1. The number of hydrogen-bond acceptors (Lipinski definition) is 4. The Kier molecular flexibility index (Phi) is 5.79. The molecule has 1 amide bonds. The Labute approximate surface area is 169 Å². The molecule has 1 saturated heterocycles. The smallest absolute Gasteiger partial charge is 0.253 e. The summed E-state index contributed by atoms with van der Waals surface area (Å²) in [5.74, 6) is 1.06. The van der Waals surface area contributed by atoms with Crippen molar-refractivity contribution in [3.63, 3.8) is 0 Å². The minimum atomic E-state index is -0.267. The number of likely N-dealkylation sites (tertiary alicyclic amines) is 1. The van der Waals surface area contributed by atoms with Crippen molar-refractivity contribution in [2.24, 2.45) is 5.92 Å². The first-order valence-electron chi connectivity index (χ1n) is 9.87. The molecule has 29 heavy (non-hydrogen) atoms. The van der Waals surface area contributed by atoms with Gasteiger partial charge in [-0.05, 0) is 67.3 Å². The Hall–Kier alpha value is -3.28. The van der Waals surface area contributed by atoms with E-state index in [-0.39, 0.29) is 11.7 Å². The molecule has 0 unspecified atom stereocenters. The summed E-state index contributed by atoms with van der Waals surface area (Å²) in [5, 5.41) is 11.8. The van der Waals surface area contributed by atoms with E-state index in [0.29, 0.717) is 11.6 Å². The molecule has 148 valence electrons. The lowest BCUT2D eigenvalue weighted by molar-refractivity contribution is 0.0695. The third kappa shape index (κ3) is 4.77. The Morgan fingerprint density at radius 1 is 0.966 bits per heavy atom. The van der Waals surface area contributed by atoms with Crippen LogP contribution in [0.25, 0.3) is 11.3 Å². The van der Waals surface area contributed by atoms with Gasteiger partial charge in [-0.2, -0.15) is 0 Å². The largest absolute Gasteiger partial charge is 0.368 e. The van der Waals surface area contributed by atoms with E-state index in [1.54, 1.807) is 12.1 Å². The molecule has 1 aliphatic heterocycles. The topological polar surface area (TPSA) is 58.1 Å². The summed E-state index contributed by atoms with van der Waals surface area (Å²) in [7, 11) is 0. The summed E-state index contributed by atoms with van der Waals surface area (Å²) < 4.78 is 13.0. The van der Waals surface area contributed by atoms with Crippen molar-refractivity contribution in [2.75, 3.05) is 25.0 Å². The SMILES string of the molecule is O=C(c1ccccc1)N1CCC(CNc2ccc(-c3ccc(F)cc3)nn2)CC1. The van der Waals surface area contributed by atoms with Crippen LogP contribution in [0, 0.1) is 11.7 Å². The van der Waals surface area contributed by atoms with Gasteiger partial charge < -0.3 is 10.2 Å². The second-order valence-electron chi connectivity index (χ2n) is 7.29. The first-order valence-corrected chi connectivity index (χ1v) is 9.87. The van der Waals surface area contributed by atoms with Crippen LogP contribution in [0.15, 0.2) is 66.7 Å². The Morgan fingerprint density at radius 2 is 1.69 bits per heavy atom. The third-order valence-electron chi connectivity index (χ3n) is 5.30. The van der Waals surface area contributed by atoms with Gasteiger partial charge in [-0.25, -0.2) is 4.39 Å². The number of hydrogen-bond donors (Lipinski definition) is 1. The fourth-order valence-corrected chi connectivity index (χ4v) is 3.55. The minimum absolute atomic E-state index is 0.110. The van der Waals surface area contributed by atoms with Gasteiger partial charge in [-0.15, -0.1) is 10.2 Å². The van der Waals surface area contributed by atoms with Gasteiger partial charge in [0.2, 0.25) is 0 Å². The van der Waals surface area contributed by atoms with E-state index in [0.717, 1.165) is 49.4 Å². The highest BCUT2D eigenvalue weighted by Crippen LogP contribution is 2.21. The highest BCUT2D eigenvalue weighted by molar-refractivity contribution is 5.94. The summed E-state index contributed by atoms with van der Waals surface area (Å²) in [6, 6.07) is 19.4. The first kappa shape index (κ1) is 19.1. The molecular weight excluding hydrogens is 367 g/mol. The van der Waals surface area contributed by atoms with Gasteiger partial charge in [0, 0.05) is 30.8 Å². The summed E-state index contributed by atoms with van der Waals surface area (Å²) in [4.78, 5) is 14.5. The Bertz CT molecular complexity index is 937. The molecule has 0 radical (unpaired) electrons. The standard InChI is InChI=1S/C23H23FN4O/c24-20-8-6-18(7-9-20)21-10-11-22(27-26-21)25-16-17-12-14-28(15-13-17)23(29)19-4-2-1-3-5-19/h1-11,17H,12-16H2,(H,25,27). The fourth-order valence-electron chi connectivity index (χ4n) is 3.55. The monoisotopic (exact) mass is 390 g/mol. The van der Waals surface area contributed by atoms with Crippen LogP contribution in [-0.2, 0) is 0 Å². The summed E-state index contributed by atoms with van der Waals surface area (Å²) in [5.41, 5.74) is 2.30.